The van der Waals surface area contributed by atoms with Crippen molar-refractivity contribution in [3.05, 3.63) is 29.3 Å². The van der Waals surface area contributed by atoms with Gasteiger partial charge in [0.25, 0.3) is 5.91 Å². The highest BCUT2D eigenvalue weighted by molar-refractivity contribution is 5.77. The summed E-state index contributed by atoms with van der Waals surface area (Å²) in [6, 6.07) is 6.14. The van der Waals surface area contributed by atoms with Crippen molar-refractivity contribution in [1.29, 1.82) is 0 Å². The molecule has 104 valence electrons. The van der Waals surface area contributed by atoms with Gasteiger partial charge in [-0.25, -0.2) is 0 Å². The van der Waals surface area contributed by atoms with E-state index in [1.165, 1.54) is 5.56 Å². The first-order valence-electron chi connectivity index (χ1n) is 6.87. The van der Waals surface area contributed by atoms with Crippen LogP contribution in [0.25, 0.3) is 0 Å². The van der Waals surface area contributed by atoms with E-state index in [0.717, 1.165) is 30.6 Å². The van der Waals surface area contributed by atoms with Crippen molar-refractivity contribution < 1.29 is 9.53 Å². The molecule has 0 radical (unpaired) electrons. The minimum atomic E-state index is -0.0901. The first kappa shape index (κ1) is 13.9. The summed E-state index contributed by atoms with van der Waals surface area (Å²) in [5, 5.41) is 2.81. The molecule has 1 aromatic rings. The van der Waals surface area contributed by atoms with Gasteiger partial charge in [0.15, 0.2) is 6.61 Å². The monoisotopic (exact) mass is 262 g/mol. The van der Waals surface area contributed by atoms with Crippen molar-refractivity contribution in [2.45, 2.75) is 45.2 Å². The summed E-state index contributed by atoms with van der Waals surface area (Å²) in [7, 11) is 0. The number of benzene rings is 1. The Hall–Kier alpha value is -1.55. The minimum Gasteiger partial charge on any atom is -0.483 e. The summed E-state index contributed by atoms with van der Waals surface area (Å²) in [5.74, 6) is 0.708. The van der Waals surface area contributed by atoms with E-state index in [0.29, 0.717) is 0 Å². The molecule has 0 spiro atoms. The van der Waals surface area contributed by atoms with Crippen LogP contribution in [0, 0.1) is 0 Å². The van der Waals surface area contributed by atoms with Gasteiger partial charge >= 0.3 is 0 Å². The fraction of sp³-hybridized carbons (Fsp3) is 0.533. The molecule has 4 heteroatoms. The third kappa shape index (κ3) is 3.47. The van der Waals surface area contributed by atoms with Crippen LogP contribution in [0.3, 0.4) is 0 Å². The van der Waals surface area contributed by atoms with Crippen molar-refractivity contribution in [1.82, 2.24) is 5.32 Å². The van der Waals surface area contributed by atoms with Crippen molar-refractivity contribution in [3.63, 3.8) is 0 Å². The summed E-state index contributed by atoms with van der Waals surface area (Å²) in [4.78, 5) is 11.6. The Morgan fingerprint density at radius 2 is 2.32 bits per heavy atom. The van der Waals surface area contributed by atoms with E-state index < -0.39 is 0 Å². The van der Waals surface area contributed by atoms with Crippen molar-refractivity contribution in [2.24, 2.45) is 5.73 Å². The van der Waals surface area contributed by atoms with Gasteiger partial charge in [-0.3, -0.25) is 4.79 Å². The number of nitrogens with one attached hydrogen (secondary N) is 1. The predicted molar refractivity (Wildman–Crippen MR) is 75.1 cm³/mol. The number of fused-ring (bicyclic) bond motifs is 1. The molecule has 1 amide bonds. The summed E-state index contributed by atoms with van der Waals surface area (Å²) in [5.41, 5.74) is 8.43. The molecule has 0 aromatic heterocycles. The summed E-state index contributed by atoms with van der Waals surface area (Å²) in [6.45, 7) is 3.92. The normalized spacial score (nSPS) is 18.0. The summed E-state index contributed by atoms with van der Waals surface area (Å²) >= 11 is 0. The zero-order chi connectivity index (χ0) is 13.8. The van der Waals surface area contributed by atoms with E-state index in [4.69, 9.17) is 10.5 Å². The minimum absolute atomic E-state index is 0.0594. The Labute approximate surface area is 114 Å². The molecule has 19 heavy (non-hydrogen) atoms. The first-order valence-corrected chi connectivity index (χ1v) is 6.87. The highest BCUT2D eigenvalue weighted by Crippen LogP contribution is 2.33. The molecule has 3 N–H and O–H groups in total. The van der Waals surface area contributed by atoms with Crippen LogP contribution >= 0.6 is 0 Å². The fourth-order valence-corrected chi connectivity index (χ4v) is 2.49. The van der Waals surface area contributed by atoms with Gasteiger partial charge < -0.3 is 15.8 Å². The molecule has 1 aliphatic rings. The number of hydrogen-bond donors (Lipinski definition) is 2. The van der Waals surface area contributed by atoms with Gasteiger partial charge in [-0.05, 0) is 50.3 Å². The van der Waals surface area contributed by atoms with Crippen LogP contribution in [0.15, 0.2) is 18.2 Å². The highest BCUT2D eigenvalue weighted by atomic mass is 16.5. The van der Waals surface area contributed by atoms with Crippen LogP contribution in [-0.2, 0) is 11.2 Å². The van der Waals surface area contributed by atoms with Crippen molar-refractivity contribution >= 4 is 5.91 Å². The number of carbonyl (C=O) groups excluding carboxylic acids is 1. The Kier molecular flexibility index (Phi) is 4.43. The first-order chi connectivity index (χ1) is 9.08. The van der Waals surface area contributed by atoms with Crippen LogP contribution < -0.4 is 15.8 Å². The maximum Gasteiger partial charge on any atom is 0.258 e. The maximum atomic E-state index is 11.6. The van der Waals surface area contributed by atoms with Crippen LogP contribution in [0.2, 0.25) is 0 Å². The second-order valence-electron chi connectivity index (χ2n) is 5.33. The number of hydrogen-bond acceptors (Lipinski definition) is 3. The smallest absolute Gasteiger partial charge is 0.258 e. The third-order valence-corrected chi connectivity index (χ3v) is 3.32. The lowest BCUT2D eigenvalue weighted by atomic mass is 9.88. The molecule has 0 fully saturated rings. The van der Waals surface area contributed by atoms with Crippen LogP contribution in [-0.4, -0.2) is 18.6 Å². The molecule has 1 aliphatic carbocycles. The fourth-order valence-electron chi connectivity index (χ4n) is 2.49. The summed E-state index contributed by atoms with van der Waals surface area (Å²) < 4.78 is 5.65. The SMILES string of the molecule is CC(C)NC(=O)COc1cccc2c1CCCC2N. The largest absolute Gasteiger partial charge is 0.483 e. The Balaban J connectivity index is 2.05. The molecule has 0 aliphatic heterocycles. The number of nitrogens with two attached hydrogens (primary N) is 1. The molecule has 0 heterocycles. The van der Waals surface area contributed by atoms with E-state index in [2.05, 4.69) is 11.4 Å². The van der Waals surface area contributed by atoms with Gasteiger partial charge in [0.2, 0.25) is 0 Å². The van der Waals surface area contributed by atoms with Gasteiger partial charge in [-0.2, -0.15) is 0 Å². The molecular formula is C15H22N2O2. The predicted octanol–water partition coefficient (Wildman–Crippen LogP) is 1.93. The zero-order valence-corrected chi connectivity index (χ0v) is 11.6. The molecule has 2 rings (SSSR count). The topological polar surface area (TPSA) is 64.3 Å². The third-order valence-electron chi connectivity index (χ3n) is 3.32. The standard InChI is InChI=1S/C15H22N2O2/c1-10(2)17-15(18)9-19-14-8-4-5-11-12(14)6-3-7-13(11)16/h4-5,8,10,13H,3,6-7,9,16H2,1-2H3,(H,17,18). The van der Waals surface area contributed by atoms with Crippen LogP contribution in [0.5, 0.6) is 5.75 Å². The summed E-state index contributed by atoms with van der Waals surface area (Å²) in [6.07, 6.45) is 3.07. The molecular weight excluding hydrogens is 240 g/mol. The van der Waals surface area contributed by atoms with Crippen molar-refractivity contribution in [3.8, 4) is 5.75 Å². The number of amides is 1. The van der Waals surface area contributed by atoms with Crippen molar-refractivity contribution in [2.75, 3.05) is 6.61 Å². The Morgan fingerprint density at radius 1 is 1.53 bits per heavy atom. The molecule has 0 saturated carbocycles. The van der Waals surface area contributed by atoms with Gasteiger partial charge in [-0.15, -0.1) is 0 Å². The maximum absolute atomic E-state index is 11.6. The molecule has 1 aromatic carbocycles. The van der Waals surface area contributed by atoms with E-state index in [1.54, 1.807) is 0 Å². The van der Waals surface area contributed by atoms with Crippen LogP contribution in [0.1, 0.15) is 43.9 Å². The van der Waals surface area contributed by atoms with Gasteiger partial charge in [0.1, 0.15) is 5.75 Å². The molecule has 0 saturated heterocycles. The Morgan fingerprint density at radius 3 is 3.05 bits per heavy atom. The number of rotatable bonds is 4. The number of ether oxygens (including phenoxy) is 1. The van der Waals surface area contributed by atoms with E-state index in [1.807, 2.05) is 26.0 Å². The molecule has 1 atom stereocenters. The molecule has 4 nitrogen and oxygen atoms in total. The van der Waals surface area contributed by atoms with Gasteiger partial charge in [-0.1, -0.05) is 12.1 Å². The highest BCUT2D eigenvalue weighted by Gasteiger charge is 2.20. The average Bonchev–Trinajstić information content (AvgIpc) is 2.36. The molecule has 1 unspecified atom stereocenters. The lowest BCUT2D eigenvalue weighted by Gasteiger charge is -2.24. The zero-order valence-electron chi connectivity index (χ0n) is 11.6. The molecule has 0 bridgehead atoms. The van der Waals surface area contributed by atoms with E-state index in [-0.39, 0.29) is 24.6 Å². The average molecular weight is 262 g/mol. The quantitative estimate of drug-likeness (QED) is 0.871. The second kappa shape index (κ2) is 6.06. The van der Waals surface area contributed by atoms with Gasteiger partial charge in [0, 0.05) is 12.1 Å². The van der Waals surface area contributed by atoms with Gasteiger partial charge in [0.05, 0.1) is 0 Å². The van der Waals surface area contributed by atoms with Crippen LogP contribution in [0.4, 0.5) is 0 Å². The van der Waals surface area contributed by atoms with E-state index >= 15 is 0 Å². The Bertz CT molecular complexity index is 457. The lowest BCUT2D eigenvalue weighted by Crippen LogP contribution is -2.34. The lowest BCUT2D eigenvalue weighted by molar-refractivity contribution is -0.123. The number of carbonyl (C=O) groups is 1. The second-order valence-corrected chi connectivity index (χ2v) is 5.33. The van der Waals surface area contributed by atoms with E-state index in [9.17, 15) is 4.79 Å².